The number of rotatable bonds is 2. The number of piperazine rings is 1. The Morgan fingerprint density at radius 2 is 1.91 bits per heavy atom. The molecule has 1 aromatic rings. The molecule has 2 heterocycles. The van der Waals surface area contributed by atoms with Gasteiger partial charge in [-0.3, -0.25) is 0 Å². The van der Waals surface area contributed by atoms with Gasteiger partial charge in [0.05, 0.1) is 5.57 Å². The average molecular weight is 313 g/mol. The van der Waals surface area contributed by atoms with E-state index < -0.39 is 5.97 Å². The number of hydrogen-bond donors (Lipinski definition) is 1. The third-order valence-corrected chi connectivity index (χ3v) is 4.79. The summed E-state index contributed by atoms with van der Waals surface area (Å²) >= 11 is 0. The second kappa shape index (κ2) is 6.54. The lowest BCUT2D eigenvalue weighted by Gasteiger charge is -2.37. The molecule has 0 aliphatic carbocycles. The summed E-state index contributed by atoms with van der Waals surface area (Å²) in [5, 5.41) is 9.53. The number of likely N-dealkylation sites (N-methyl/N-ethyl adjacent to an activating group) is 1. The zero-order valence-corrected chi connectivity index (χ0v) is 13.7. The summed E-state index contributed by atoms with van der Waals surface area (Å²) in [6, 6.07) is 8.03. The summed E-state index contributed by atoms with van der Waals surface area (Å²) in [4.78, 5) is 20.7. The molecule has 0 aromatic heterocycles. The number of aryl methyl sites for hydroxylation is 1. The molecule has 0 saturated carbocycles. The molecule has 1 aromatic carbocycles. The fraction of sp³-hybridized carbons (Fsp3) is 0.444. The molecule has 5 heteroatoms. The van der Waals surface area contributed by atoms with Crippen LogP contribution in [0.2, 0.25) is 0 Å². The summed E-state index contributed by atoms with van der Waals surface area (Å²) < 4.78 is 0. The van der Waals surface area contributed by atoms with Crippen molar-refractivity contribution < 1.29 is 9.90 Å². The number of carboxylic acid groups (broad SMARTS) is 1. The van der Waals surface area contributed by atoms with Gasteiger partial charge < -0.3 is 14.9 Å². The molecule has 5 nitrogen and oxygen atoms in total. The van der Waals surface area contributed by atoms with E-state index >= 15 is 0 Å². The molecule has 1 saturated heterocycles. The highest BCUT2D eigenvalue weighted by Gasteiger charge is 2.30. The van der Waals surface area contributed by atoms with Crippen LogP contribution in [0.15, 0.2) is 41.0 Å². The molecule has 1 fully saturated rings. The monoisotopic (exact) mass is 313 g/mol. The number of hydrogen-bond acceptors (Lipinski definition) is 4. The molecule has 2 aliphatic heterocycles. The van der Waals surface area contributed by atoms with Crippen LogP contribution in [-0.2, 0) is 4.79 Å². The van der Waals surface area contributed by atoms with Gasteiger partial charge in [-0.25, -0.2) is 9.79 Å². The van der Waals surface area contributed by atoms with E-state index in [9.17, 15) is 9.90 Å². The Bertz CT molecular complexity index is 658. The SMILES string of the molecule is Cc1ccccc1C1CC(N2CCN(C)CC2)=NC=C1C(=O)O. The third-order valence-electron chi connectivity index (χ3n) is 4.79. The smallest absolute Gasteiger partial charge is 0.333 e. The standard InChI is InChI=1S/C18H23N3O2/c1-13-5-3-4-6-14(13)15-11-17(19-12-16(15)18(22)23)21-9-7-20(2)8-10-21/h3-6,12,15H,7-11H2,1-2H3,(H,22,23). The lowest BCUT2D eigenvalue weighted by atomic mass is 9.84. The highest BCUT2D eigenvalue weighted by atomic mass is 16.4. The second-order valence-electron chi connectivity index (χ2n) is 6.34. The lowest BCUT2D eigenvalue weighted by Crippen LogP contribution is -2.48. The van der Waals surface area contributed by atoms with E-state index in [0.717, 1.165) is 43.1 Å². The minimum absolute atomic E-state index is 0.124. The van der Waals surface area contributed by atoms with Crippen LogP contribution in [0.3, 0.4) is 0 Å². The summed E-state index contributed by atoms with van der Waals surface area (Å²) in [7, 11) is 2.12. The maximum Gasteiger partial charge on any atom is 0.333 e. The van der Waals surface area contributed by atoms with Gasteiger partial charge in [-0.1, -0.05) is 24.3 Å². The summed E-state index contributed by atoms with van der Waals surface area (Å²) in [5.74, 6) is 0.0108. The number of carbonyl (C=O) groups is 1. The summed E-state index contributed by atoms with van der Waals surface area (Å²) in [6.07, 6.45) is 2.21. The number of aliphatic carboxylic acids is 1. The molecule has 122 valence electrons. The van der Waals surface area contributed by atoms with E-state index in [1.807, 2.05) is 31.2 Å². The van der Waals surface area contributed by atoms with Crippen LogP contribution in [0.1, 0.15) is 23.5 Å². The Kier molecular flexibility index (Phi) is 4.48. The molecule has 0 radical (unpaired) electrons. The van der Waals surface area contributed by atoms with Crippen LogP contribution in [0.4, 0.5) is 0 Å². The highest BCUT2D eigenvalue weighted by molar-refractivity contribution is 5.94. The topological polar surface area (TPSA) is 56.1 Å². The normalized spacial score (nSPS) is 22.5. The van der Waals surface area contributed by atoms with Crippen molar-refractivity contribution in [2.45, 2.75) is 19.3 Å². The van der Waals surface area contributed by atoms with E-state index in [1.165, 1.54) is 0 Å². The fourth-order valence-electron chi connectivity index (χ4n) is 3.31. The van der Waals surface area contributed by atoms with Gasteiger partial charge >= 0.3 is 5.97 Å². The molecular formula is C18H23N3O2. The van der Waals surface area contributed by atoms with Crippen LogP contribution < -0.4 is 0 Å². The first-order valence-electron chi connectivity index (χ1n) is 8.05. The lowest BCUT2D eigenvalue weighted by molar-refractivity contribution is -0.133. The van der Waals surface area contributed by atoms with Crippen molar-refractivity contribution in [3.8, 4) is 0 Å². The van der Waals surface area contributed by atoms with Gasteiger partial charge in [-0.15, -0.1) is 0 Å². The predicted molar refractivity (Wildman–Crippen MR) is 90.8 cm³/mol. The molecule has 23 heavy (non-hydrogen) atoms. The van der Waals surface area contributed by atoms with Crippen molar-refractivity contribution in [2.75, 3.05) is 33.2 Å². The summed E-state index contributed by atoms with van der Waals surface area (Å²) in [5.41, 5.74) is 2.60. The van der Waals surface area contributed by atoms with Gasteiger partial charge in [0.2, 0.25) is 0 Å². The molecule has 1 unspecified atom stereocenters. The Morgan fingerprint density at radius 1 is 1.22 bits per heavy atom. The second-order valence-corrected chi connectivity index (χ2v) is 6.34. The molecule has 0 amide bonds. The molecule has 1 atom stereocenters. The van der Waals surface area contributed by atoms with Gasteiger partial charge in [0.15, 0.2) is 0 Å². The molecule has 0 bridgehead atoms. The third kappa shape index (κ3) is 3.29. The van der Waals surface area contributed by atoms with Gasteiger partial charge in [-0.2, -0.15) is 0 Å². The maximum atomic E-state index is 11.6. The Morgan fingerprint density at radius 3 is 2.57 bits per heavy atom. The summed E-state index contributed by atoms with van der Waals surface area (Å²) in [6.45, 7) is 5.97. The Hall–Kier alpha value is -2.14. The van der Waals surface area contributed by atoms with Crippen molar-refractivity contribution in [3.05, 3.63) is 47.2 Å². The number of aliphatic imine (C=N–C) groups is 1. The minimum atomic E-state index is -0.876. The van der Waals surface area contributed by atoms with Crippen molar-refractivity contribution in [1.29, 1.82) is 0 Å². The van der Waals surface area contributed by atoms with Crippen molar-refractivity contribution in [3.63, 3.8) is 0 Å². The van der Waals surface area contributed by atoms with Crippen molar-refractivity contribution in [1.82, 2.24) is 9.80 Å². The van der Waals surface area contributed by atoms with E-state index in [-0.39, 0.29) is 5.92 Å². The average Bonchev–Trinajstić information content (AvgIpc) is 2.55. The number of benzene rings is 1. The van der Waals surface area contributed by atoms with Crippen LogP contribution in [0.25, 0.3) is 0 Å². The molecule has 0 spiro atoms. The largest absolute Gasteiger partial charge is 0.478 e. The maximum absolute atomic E-state index is 11.6. The highest BCUT2D eigenvalue weighted by Crippen LogP contribution is 2.34. The van der Waals surface area contributed by atoms with Crippen molar-refractivity contribution in [2.24, 2.45) is 4.99 Å². The number of amidine groups is 1. The van der Waals surface area contributed by atoms with Crippen LogP contribution >= 0.6 is 0 Å². The molecular weight excluding hydrogens is 290 g/mol. The quantitative estimate of drug-likeness (QED) is 0.908. The predicted octanol–water partition coefficient (Wildman–Crippen LogP) is 2.10. The Balaban J connectivity index is 1.89. The van der Waals surface area contributed by atoms with E-state index in [2.05, 4.69) is 21.8 Å². The first-order chi connectivity index (χ1) is 11.1. The molecule has 3 rings (SSSR count). The minimum Gasteiger partial charge on any atom is -0.478 e. The fourth-order valence-corrected chi connectivity index (χ4v) is 3.31. The van der Waals surface area contributed by atoms with Gasteiger partial charge in [0.25, 0.3) is 0 Å². The van der Waals surface area contributed by atoms with Gasteiger partial charge in [-0.05, 0) is 25.1 Å². The van der Waals surface area contributed by atoms with Crippen molar-refractivity contribution >= 4 is 11.8 Å². The zero-order valence-electron chi connectivity index (χ0n) is 13.7. The van der Waals surface area contributed by atoms with E-state index in [0.29, 0.717) is 12.0 Å². The van der Waals surface area contributed by atoms with Crippen LogP contribution in [0.5, 0.6) is 0 Å². The Labute approximate surface area is 136 Å². The first-order valence-corrected chi connectivity index (χ1v) is 8.05. The zero-order chi connectivity index (χ0) is 16.4. The number of carboxylic acids is 1. The molecule has 2 aliphatic rings. The van der Waals surface area contributed by atoms with Crippen LogP contribution in [-0.4, -0.2) is 59.9 Å². The molecule has 1 N–H and O–H groups in total. The van der Waals surface area contributed by atoms with Crippen LogP contribution in [0, 0.1) is 6.92 Å². The van der Waals surface area contributed by atoms with E-state index in [1.54, 1.807) is 6.20 Å². The van der Waals surface area contributed by atoms with E-state index in [4.69, 9.17) is 0 Å². The first kappa shape index (κ1) is 15.7. The number of nitrogens with zero attached hydrogens (tertiary/aromatic N) is 3. The van der Waals surface area contributed by atoms with Gasteiger partial charge in [0.1, 0.15) is 5.84 Å². The van der Waals surface area contributed by atoms with Gasteiger partial charge in [0, 0.05) is 44.7 Å².